The number of nitrogens with one attached hydrogen (secondary N) is 1. The standard InChI is InChI=1S/C23H17N3O3.C2HF3O2/c27-23(26-19-9-18(12-25-13-19)15-5-7-24-8-6-15)22-14-28-20-10-16-3-1-2-4-17(16)11-21(20)29-22;3-2(4,5)1(6)7/h1-13,22H,14H2,(H,26,27);(H,6,7). The number of carbonyl (C=O) groups is 2. The molecular formula is C25H18F3N3O5. The number of carbonyl (C=O) groups excluding carboxylic acids is 1. The van der Waals surface area contributed by atoms with Gasteiger partial charge in [0.05, 0.1) is 11.9 Å². The lowest BCUT2D eigenvalue weighted by Gasteiger charge is -2.26. The van der Waals surface area contributed by atoms with E-state index in [2.05, 4.69) is 15.3 Å². The highest BCUT2D eigenvalue weighted by Gasteiger charge is 2.38. The second-order valence-electron chi connectivity index (χ2n) is 7.55. The minimum atomic E-state index is -5.08. The smallest absolute Gasteiger partial charge is 0.485 e. The Morgan fingerprint density at radius 1 is 0.917 bits per heavy atom. The molecule has 0 saturated carbocycles. The van der Waals surface area contributed by atoms with Gasteiger partial charge < -0.3 is 19.9 Å². The maximum absolute atomic E-state index is 12.7. The molecule has 2 N–H and O–H groups in total. The van der Waals surface area contributed by atoms with Crippen molar-refractivity contribution in [1.82, 2.24) is 9.97 Å². The van der Waals surface area contributed by atoms with Crippen LogP contribution in [0.4, 0.5) is 18.9 Å². The summed E-state index contributed by atoms with van der Waals surface area (Å²) in [5.41, 5.74) is 2.46. The Labute approximate surface area is 202 Å². The summed E-state index contributed by atoms with van der Waals surface area (Å²) in [6.45, 7) is 0.147. The highest BCUT2D eigenvalue weighted by Crippen LogP contribution is 2.36. The molecule has 1 atom stereocenters. The highest BCUT2D eigenvalue weighted by molar-refractivity contribution is 5.95. The summed E-state index contributed by atoms with van der Waals surface area (Å²) in [6.07, 6.45) is 0.956. The Bertz CT molecular complexity index is 1400. The second kappa shape index (κ2) is 10.3. The zero-order valence-corrected chi connectivity index (χ0v) is 18.4. The van der Waals surface area contributed by atoms with Gasteiger partial charge >= 0.3 is 12.1 Å². The number of carboxylic acids is 1. The van der Waals surface area contributed by atoms with E-state index in [-0.39, 0.29) is 12.5 Å². The van der Waals surface area contributed by atoms with Crippen LogP contribution >= 0.6 is 0 Å². The van der Waals surface area contributed by atoms with Gasteiger partial charge in [-0.3, -0.25) is 14.8 Å². The molecule has 0 spiro atoms. The van der Waals surface area contributed by atoms with Crippen molar-refractivity contribution in [3.63, 3.8) is 0 Å². The van der Waals surface area contributed by atoms with Crippen molar-refractivity contribution in [3.8, 4) is 22.6 Å². The molecule has 4 aromatic rings. The van der Waals surface area contributed by atoms with E-state index in [1.54, 1.807) is 24.8 Å². The van der Waals surface area contributed by atoms with Gasteiger partial charge in [-0.05, 0) is 46.7 Å². The lowest BCUT2D eigenvalue weighted by Crippen LogP contribution is -2.40. The van der Waals surface area contributed by atoms with Crippen LogP contribution in [0.2, 0.25) is 0 Å². The van der Waals surface area contributed by atoms with Crippen LogP contribution in [-0.4, -0.2) is 45.8 Å². The largest absolute Gasteiger partial charge is 0.490 e. The number of carboxylic acid groups (broad SMARTS) is 1. The van der Waals surface area contributed by atoms with Crippen LogP contribution in [0.5, 0.6) is 11.5 Å². The molecule has 0 bridgehead atoms. The van der Waals surface area contributed by atoms with E-state index in [4.69, 9.17) is 19.4 Å². The van der Waals surface area contributed by atoms with Crippen LogP contribution in [0.15, 0.2) is 79.4 Å². The predicted molar refractivity (Wildman–Crippen MR) is 124 cm³/mol. The number of ether oxygens (including phenoxy) is 2. The van der Waals surface area contributed by atoms with Gasteiger partial charge in [-0.1, -0.05) is 24.3 Å². The average molecular weight is 497 g/mol. The van der Waals surface area contributed by atoms with Crippen molar-refractivity contribution >= 4 is 28.3 Å². The Morgan fingerprint density at radius 3 is 2.19 bits per heavy atom. The summed E-state index contributed by atoms with van der Waals surface area (Å²) in [7, 11) is 0. The Kier molecular flexibility index (Phi) is 7.00. The number of alkyl halides is 3. The van der Waals surface area contributed by atoms with Crippen LogP contribution in [0.1, 0.15) is 0 Å². The van der Waals surface area contributed by atoms with Crippen LogP contribution in [0.3, 0.4) is 0 Å². The summed E-state index contributed by atoms with van der Waals surface area (Å²) >= 11 is 0. The van der Waals surface area contributed by atoms with Crippen LogP contribution in [0.25, 0.3) is 21.9 Å². The van der Waals surface area contributed by atoms with Crippen LogP contribution in [0, 0.1) is 0 Å². The van der Waals surface area contributed by atoms with Crippen molar-refractivity contribution in [1.29, 1.82) is 0 Å². The van der Waals surface area contributed by atoms with Gasteiger partial charge in [0.2, 0.25) is 6.10 Å². The quantitative estimate of drug-likeness (QED) is 0.422. The summed E-state index contributed by atoms with van der Waals surface area (Å²) in [6, 6.07) is 17.4. The molecule has 1 unspecified atom stereocenters. The number of aliphatic carboxylic acids is 1. The highest BCUT2D eigenvalue weighted by atomic mass is 19.4. The van der Waals surface area contributed by atoms with E-state index in [0.717, 1.165) is 21.9 Å². The Morgan fingerprint density at radius 2 is 1.56 bits per heavy atom. The second-order valence-corrected chi connectivity index (χ2v) is 7.55. The molecule has 1 aliphatic heterocycles. The van der Waals surface area contributed by atoms with Crippen LogP contribution in [-0.2, 0) is 9.59 Å². The average Bonchev–Trinajstić information content (AvgIpc) is 2.87. The van der Waals surface area contributed by atoms with E-state index in [1.807, 2.05) is 54.6 Å². The monoisotopic (exact) mass is 497 g/mol. The third-order valence-electron chi connectivity index (χ3n) is 5.03. The number of benzene rings is 2. The van der Waals surface area contributed by atoms with Gasteiger partial charge in [-0.25, -0.2) is 4.79 Å². The van der Waals surface area contributed by atoms with Gasteiger partial charge in [-0.15, -0.1) is 0 Å². The number of aromatic nitrogens is 2. The maximum Gasteiger partial charge on any atom is 0.490 e. The molecule has 2 aromatic heterocycles. The van der Waals surface area contributed by atoms with E-state index >= 15 is 0 Å². The summed E-state index contributed by atoms with van der Waals surface area (Å²) in [5.74, 6) is -1.82. The Balaban J connectivity index is 0.000000384. The number of anilines is 1. The molecule has 3 heterocycles. The first-order valence-electron chi connectivity index (χ1n) is 10.5. The molecule has 184 valence electrons. The fourth-order valence-electron chi connectivity index (χ4n) is 3.32. The van der Waals surface area contributed by atoms with Gasteiger partial charge in [0.1, 0.15) is 6.61 Å². The summed E-state index contributed by atoms with van der Waals surface area (Å²) in [4.78, 5) is 29.9. The topological polar surface area (TPSA) is 111 Å². The Hall–Kier alpha value is -4.67. The van der Waals surface area contributed by atoms with Crippen molar-refractivity contribution < 1.29 is 37.3 Å². The zero-order chi connectivity index (χ0) is 25.7. The molecule has 2 aromatic carbocycles. The lowest BCUT2D eigenvalue weighted by molar-refractivity contribution is -0.192. The fraction of sp³-hybridized carbons (Fsp3) is 0.120. The normalized spacial score (nSPS) is 14.4. The minimum Gasteiger partial charge on any atom is -0.485 e. The number of fused-ring (bicyclic) bond motifs is 2. The van der Waals surface area contributed by atoms with E-state index in [1.165, 1.54) is 0 Å². The number of pyridine rings is 2. The van der Waals surface area contributed by atoms with Gasteiger partial charge in [0.15, 0.2) is 11.5 Å². The molecule has 1 amide bonds. The number of hydrogen-bond acceptors (Lipinski definition) is 6. The zero-order valence-electron chi connectivity index (χ0n) is 18.4. The number of rotatable bonds is 3. The molecule has 36 heavy (non-hydrogen) atoms. The molecule has 0 radical (unpaired) electrons. The fourth-order valence-corrected chi connectivity index (χ4v) is 3.32. The van der Waals surface area contributed by atoms with Crippen molar-refractivity contribution in [2.75, 3.05) is 11.9 Å². The first kappa shape index (κ1) is 24.5. The lowest BCUT2D eigenvalue weighted by atomic mass is 10.1. The third kappa shape index (κ3) is 5.87. The molecule has 1 aliphatic rings. The van der Waals surface area contributed by atoms with Gasteiger partial charge in [-0.2, -0.15) is 13.2 Å². The molecule has 11 heteroatoms. The molecule has 8 nitrogen and oxygen atoms in total. The first-order valence-corrected chi connectivity index (χ1v) is 10.5. The molecule has 0 saturated heterocycles. The molecular weight excluding hydrogens is 479 g/mol. The minimum absolute atomic E-state index is 0.147. The van der Waals surface area contributed by atoms with E-state index < -0.39 is 18.2 Å². The molecule has 0 aliphatic carbocycles. The number of hydrogen-bond donors (Lipinski definition) is 2. The molecule has 5 rings (SSSR count). The number of halogens is 3. The van der Waals surface area contributed by atoms with Gasteiger partial charge in [0.25, 0.3) is 5.91 Å². The molecule has 0 fully saturated rings. The number of nitrogens with zero attached hydrogens (tertiary/aromatic N) is 2. The maximum atomic E-state index is 12.7. The van der Waals surface area contributed by atoms with E-state index in [0.29, 0.717) is 17.2 Å². The first-order chi connectivity index (χ1) is 17.2. The predicted octanol–water partition coefficient (Wildman–Crippen LogP) is 4.71. The van der Waals surface area contributed by atoms with E-state index in [9.17, 15) is 18.0 Å². The number of amides is 1. The van der Waals surface area contributed by atoms with Gasteiger partial charge in [0, 0.05) is 24.2 Å². The summed E-state index contributed by atoms with van der Waals surface area (Å²) in [5, 5.41) is 12.1. The van der Waals surface area contributed by atoms with Crippen molar-refractivity contribution in [2.24, 2.45) is 0 Å². The van der Waals surface area contributed by atoms with Crippen molar-refractivity contribution in [3.05, 3.63) is 79.4 Å². The van der Waals surface area contributed by atoms with Crippen LogP contribution < -0.4 is 14.8 Å². The summed E-state index contributed by atoms with van der Waals surface area (Å²) < 4.78 is 43.4. The third-order valence-corrected chi connectivity index (χ3v) is 5.03. The van der Waals surface area contributed by atoms with Crippen molar-refractivity contribution in [2.45, 2.75) is 12.3 Å². The SMILES string of the molecule is O=C(Nc1cncc(-c2ccncc2)c1)C1COc2cc3ccccc3cc2O1.O=C(O)C(F)(F)F.